The molecular formula is C19H24N4O. The number of hydrazone groups is 1. The number of anilines is 1. The topological polar surface area (TPSA) is 74.2 Å². The smallest absolute Gasteiger partial charge is 0.252 e. The third kappa shape index (κ3) is 5.54. The molecule has 0 saturated heterocycles. The molecule has 0 atom stereocenters. The van der Waals surface area contributed by atoms with Crippen LogP contribution < -0.4 is 5.43 Å². The van der Waals surface area contributed by atoms with Gasteiger partial charge in [0.25, 0.3) is 5.88 Å². The van der Waals surface area contributed by atoms with Crippen LogP contribution in [0, 0.1) is 18.3 Å². The molecular weight excluding hydrogens is 300 g/mol. The quantitative estimate of drug-likeness (QED) is 0.408. The lowest BCUT2D eigenvalue weighted by molar-refractivity contribution is 0.488. The largest absolute Gasteiger partial charge is 0.422 e. The van der Waals surface area contributed by atoms with Crippen LogP contribution >= 0.6 is 0 Å². The summed E-state index contributed by atoms with van der Waals surface area (Å²) >= 11 is 0. The third-order valence-electron chi connectivity index (χ3n) is 3.73. The van der Waals surface area contributed by atoms with Crippen LogP contribution in [0.25, 0.3) is 0 Å². The van der Waals surface area contributed by atoms with E-state index in [9.17, 15) is 0 Å². The molecule has 5 heteroatoms. The number of oxazole rings is 1. The maximum atomic E-state index is 9.16. The van der Waals surface area contributed by atoms with Crippen molar-refractivity contribution in [1.82, 2.24) is 4.98 Å². The van der Waals surface area contributed by atoms with Crippen molar-refractivity contribution in [2.24, 2.45) is 5.10 Å². The van der Waals surface area contributed by atoms with Gasteiger partial charge < -0.3 is 4.42 Å². The molecule has 5 nitrogen and oxygen atoms in total. The molecule has 0 saturated carbocycles. The van der Waals surface area contributed by atoms with E-state index in [4.69, 9.17) is 9.68 Å². The Bertz CT molecular complexity index is 695. The van der Waals surface area contributed by atoms with Crippen LogP contribution in [-0.2, 0) is 6.42 Å². The number of aryl methyl sites for hydroxylation is 2. The Morgan fingerprint density at radius 3 is 2.67 bits per heavy atom. The van der Waals surface area contributed by atoms with Gasteiger partial charge >= 0.3 is 0 Å². The zero-order valence-electron chi connectivity index (χ0n) is 14.4. The van der Waals surface area contributed by atoms with E-state index in [0.29, 0.717) is 11.8 Å². The molecule has 0 fully saturated rings. The van der Waals surface area contributed by atoms with Crippen LogP contribution in [-0.4, -0.2) is 11.2 Å². The SMILES string of the molecule is CCCCCCCc1nc(C#N)c(N/N=C\c2ccc(C)cc2)o1. The normalized spacial score (nSPS) is 10.9. The number of hydrogen-bond donors (Lipinski definition) is 1. The molecule has 2 rings (SSSR count). The van der Waals surface area contributed by atoms with Crippen molar-refractivity contribution in [2.45, 2.75) is 52.4 Å². The number of unbranched alkanes of at least 4 members (excludes halogenated alkanes) is 4. The van der Waals surface area contributed by atoms with Gasteiger partial charge in [0.15, 0.2) is 5.89 Å². The minimum Gasteiger partial charge on any atom is -0.422 e. The maximum Gasteiger partial charge on any atom is 0.252 e. The predicted octanol–water partition coefficient (Wildman–Crippen LogP) is 4.81. The lowest BCUT2D eigenvalue weighted by Crippen LogP contribution is -1.91. The van der Waals surface area contributed by atoms with Crippen molar-refractivity contribution in [1.29, 1.82) is 5.26 Å². The molecule has 1 heterocycles. The first kappa shape index (κ1) is 17.7. The highest BCUT2D eigenvalue weighted by atomic mass is 16.4. The molecule has 1 N–H and O–H groups in total. The zero-order chi connectivity index (χ0) is 17.2. The Morgan fingerprint density at radius 2 is 1.96 bits per heavy atom. The summed E-state index contributed by atoms with van der Waals surface area (Å²) in [5, 5.41) is 13.3. The molecule has 0 bridgehead atoms. The van der Waals surface area contributed by atoms with Gasteiger partial charge in [-0.3, -0.25) is 0 Å². The van der Waals surface area contributed by atoms with Crippen LogP contribution in [0.2, 0.25) is 0 Å². The van der Waals surface area contributed by atoms with Gasteiger partial charge in [0.2, 0.25) is 5.69 Å². The van der Waals surface area contributed by atoms with Gasteiger partial charge in [-0.15, -0.1) is 0 Å². The summed E-state index contributed by atoms with van der Waals surface area (Å²) in [5.41, 5.74) is 5.20. The van der Waals surface area contributed by atoms with E-state index in [-0.39, 0.29) is 5.69 Å². The average molecular weight is 324 g/mol. The minimum atomic E-state index is 0.250. The summed E-state index contributed by atoms with van der Waals surface area (Å²) in [5.74, 6) is 0.903. The second-order valence-electron chi connectivity index (χ2n) is 5.84. The summed E-state index contributed by atoms with van der Waals surface area (Å²) in [4.78, 5) is 4.22. The number of benzene rings is 1. The van der Waals surface area contributed by atoms with E-state index in [0.717, 1.165) is 24.8 Å². The van der Waals surface area contributed by atoms with E-state index >= 15 is 0 Å². The maximum absolute atomic E-state index is 9.16. The first-order valence-electron chi connectivity index (χ1n) is 8.48. The number of aromatic nitrogens is 1. The van der Waals surface area contributed by atoms with Crippen molar-refractivity contribution in [2.75, 3.05) is 5.43 Å². The number of nitriles is 1. The molecule has 0 radical (unpaired) electrons. The van der Waals surface area contributed by atoms with E-state index < -0.39 is 0 Å². The Balaban J connectivity index is 1.90. The van der Waals surface area contributed by atoms with E-state index in [1.807, 2.05) is 37.3 Å². The van der Waals surface area contributed by atoms with E-state index in [2.05, 4.69) is 22.4 Å². The molecule has 24 heavy (non-hydrogen) atoms. The fourth-order valence-corrected chi connectivity index (χ4v) is 2.32. The van der Waals surface area contributed by atoms with Crippen molar-refractivity contribution >= 4 is 12.1 Å². The Kier molecular flexibility index (Phi) is 7.03. The van der Waals surface area contributed by atoms with Gasteiger partial charge in [-0.25, -0.2) is 10.4 Å². The summed E-state index contributed by atoms with van der Waals surface area (Å²) < 4.78 is 5.61. The highest BCUT2D eigenvalue weighted by molar-refractivity contribution is 5.80. The molecule has 0 spiro atoms. The molecule has 1 aromatic heterocycles. The van der Waals surface area contributed by atoms with Gasteiger partial charge in [-0.05, 0) is 18.9 Å². The van der Waals surface area contributed by atoms with Crippen molar-refractivity contribution < 1.29 is 4.42 Å². The molecule has 0 unspecified atom stereocenters. The number of hydrogen-bond acceptors (Lipinski definition) is 5. The lowest BCUT2D eigenvalue weighted by atomic mass is 10.1. The van der Waals surface area contributed by atoms with E-state index in [1.165, 1.54) is 24.8 Å². The van der Waals surface area contributed by atoms with Crippen LogP contribution in [0.3, 0.4) is 0 Å². The van der Waals surface area contributed by atoms with Crippen molar-refractivity contribution in [3.63, 3.8) is 0 Å². The fraction of sp³-hybridized carbons (Fsp3) is 0.421. The second kappa shape index (κ2) is 9.51. The zero-order valence-corrected chi connectivity index (χ0v) is 14.4. The highest BCUT2D eigenvalue weighted by Gasteiger charge is 2.12. The standard InChI is InChI=1S/C19H24N4O/c1-3-4-5-6-7-8-18-22-17(13-20)19(24-18)23-21-14-16-11-9-15(2)10-12-16/h9-12,14,23H,3-8H2,1-2H3/b21-14-. The summed E-state index contributed by atoms with van der Waals surface area (Å²) in [6, 6.07) is 10.0. The Labute approximate surface area is 143 Å². The summed E-state index contributed by atoms with van der Waals surface area (Å²) in [6.07, 6.45) is 8.34. The van der Waals surface area contributed by atoms with Crippen molar-refractivity contribution in [3.8, 4) is 6.07 Å². The number of nitrogens with one attached hydrogen (secondary N) is 1. The highest BCUT2D eigenvalue weighted by Crippen LogP contribution is 2.18. The minimum absolute atomic E-state index is 0.250. The molecule has 1 aromatic carbocycles. The summed E-state index contributed by atoms with van der Waals surface area (Å²) in [6.45, 7) is 4.24. The van der Waals surface area contributed by atoms with Crippen LogP contribution in [0.15, 0.2) is 33.8 Å². The van der Waals surface area contributed by atoms with Gasteiger partial charge in [0, 0.05) is 6.42 Å². The van der Waals surface area contributed by atoms with Gasteiger partial charge in [-0.2, -0.15) is 10.4 Å². The molecule has 0 aliphatic carbocycles. The van der Waals surface area contributed by atoms with Gasteiger partial charge in [0.05, 0.1) is 6.21 Å². The first-order chi connectivity index (χ1) is 11.7. The molecule has 0 aliphatic heterocycles. The molecule has 2 aromatic rings. The Hall–Kier alpha value is -2.61. The average Bonchev–Trinajstić information content (AvgIpc) is 2.99. The molecule has 0 aliphatic rings. The molecule has 0 amide bonds. The van der Waals surface area contributed by atoms with Gasteiger partial charge in [0.1, 0.15) is 6.07 Å². The second-order valence-corrected chi connectivity index (χ2v) is 5.84. The van der Waals surface area contributed by atoms with Gasteiger partial charge in [-0.1, -0.05) is 62.4 Å². The van der Waals surface area contributed by atoms with Crippen molar-refractivity contribution in [3.05, 3.63) is 47.0 Å². The number of rotatable bonds is 9. The van der Waals surface area contributed by atoms with Crippen LogP contribution in [0.1, 0.15) is 61.7 Å². The van der Waals surface area contributed by atoms with Crippen LogP contribution in [0.4, 0.5) is 5.88 Å². The summed E-state index contributed by atoms with van der Waals surface area (Å²) in [7, 11) is 0. The predicted molar refractivity (Wildman–Crippen MR) is 96.1 cm³/mol. The third-order valence-corrected chi connectivity index (χ3v) is 3.73. The monoisotopic (exact) mass is 324 g/mol. The fourth-order valence-electron chi connectivity index (χ4n) is 2.32. The first-order valence-corrected chi connectivity index (χ1v) is 8.48. The van der Waals surface area contributed by atoms with E-state index in [1.54, 1.807) is 6.21 Å². The van der Waals surface area contributed by atoms with Crippen LogP contribution in [0.5, 0.6) is 0 Å². The number of nitrogens with zero attached hydrogens (tertiary/aromatic N) is 3. The molecule has 126 valence electrons. The lowest BCUT2D eigenvalue weighted by Gasteiger charge is -1.97. The Morgan fingerprint density at radius 1 is 1.21 bits per heavy atom.